The Balaban J connectivity index is 3.04. The summed E-state index contributed by atoms with van der Waals surface area (Å²) < 4.78 is 1.76. The van der Waals surface area contributed by atoms with Gasteiger partial charge in [-0.15, -0.1) is 11.6 Å². The van der Waals surface area contributed by atoms with Crippen LogP contribution in [0.4, 0.5) is 0 Å². The first-order chi connectivity index (χ1) is 4.25. The highest BCUT2D eigenvalue weighted by Gasteiger charge is 1.97. The summed E-state index contributed by atoms with van der Waals surface area (Å²) >= 11 is 5.55. The molecule has 2 nitrogen and oxygen atoms in total. The fourth-order valence-corrected chi connectivity index (χ4v) is 0.901. The van der Waals surface area contributed by atoms with Crippen molar-refractivity contribution in [2.24, 2.45) is 0 Å². The minimum atomic E-state index is 0.444. The van der Waals surface area contributed by atoms with Gasteiger partial charge >= 0.3 is 0 Å². The van der Waals surface area contributed by atoms with Gasteiger partial charge in [0.05, 0.1) is 6.20 Å². The van der Waals surface area contributed by atoms with Crippen LogP contribution >= 0.6 is 11.6 Å². The Hall–Kier alpha value is -0.500. The number of alkyl halides is 1. The molecule has 0 amide bonds. The second-order valence-corrected chi connectivity index (χ2v) is 2.27. The van der Waals surface area contributed by atoms with Crippen LogP contribution in [0.25, 0.3) is 0 Å². The second kappa shape index (κ2) is 2.40. The number of hydrogen-bond acceptors (Lipinski definition) is 1. The molecule has 0 bridgehead atoms. The van der Waals surface area contributed by atoms with Crippen LogP contribution in [0.3, 0.4) is 0 Å². The predicted molar refractivity (Wildman–Crippen MR) is 37.6 cm³/mol. The molecule has 3 heteroatoms. The van der Waals surface area contributed by atoms with Gasteiger partial charge < -0.3 is 0 Å². The highest BCUT2D eigenvalue weighted by molar-refractivity contribution is 6.15. The van der Waals surface area contributed by atoms with E-state index in [2.05, 4.69) is 5.10 Å². The molecule has 0 aromatic carbocycles. The molecule has 0 atom stereocenters. The van der Waals surface area contributed by atoms with E-state index in [1.165, 1.54) is 5.56 Å². The average molecular weight is 145 g/mol. The first-order valence-corrected chi connectivity index (χ1v) is 3.34. The minimum Gasteiger partial charge on any atom is -0.255 e. The summed E-state index contributed by atoms with van der Waals surface area (Å²) in [5, 5.41) is 4.02. The van der Waals surface area contributed by atoms with Crippen LogP contribution in [0.2, 0.25) is 0 Å². The zero-order chi connectivity index (χ0) is 6.85. The van der Waals surface area contributed by atoms with Crippen LogP contribution in [0.15, 0.2) is 6.20 Å². The maximum absolute atomic E-state index is 5.55. The Morgan fingerprint density at radius 1 is 1.67 bits per heavy atom. The molecule has 0 spiro atoms. The van der Waals surface area contributed by atoms with Gasteiger partial charge in [-0.25, -0.2) is 0 Å². The summed E-state index contributed by atoms with van der Waals surface area (Å²) in [6.45, 7) is 4.02. The summed E-state index contributed by atoms with van der Waals surface area (Å²) in [5.74, 6) is 0. The average Bonchev–Trinajstić information content (AvgIpc) is 2.15. The second-order valence-electron chi connectivity index (χ2n) is 2.03. The molecule has 0 aliphatic carbocycles. The van der Waals surface area contributed by atoms with Crippen LogP contribution in [-0.4, -0.2) is 9.78 Å². The van der Waals surface area contributed by atoms with Crippen LogP contribution in [0.1, 0.15) is 11.3 Å². The quantitative estimate of drug-likeness (QED) is 0.549. The van der Waals surface area contributed by atoms with Gasteiger partial charge in [0.2, 0.25) is 0 Å². The summed E-state index contributed by atoms with van der Waals surface area (Å²) in [6, 6.07) is 0.444. The number of aromatic nitrogens is 2. The molecule has 0 aliphatic heterocycles. The molecule has 0 N–H and O–H groups in total. The maximum atomic E-state index is 5.55. The lowest BCUT2D eigenvalue weighted by atomic mass is 10.3. The first-order valence-electron chi connectivity index (χ1n) is 2.80. The van der Waals surface area contributed by atoms with E-state index in [0.29, 0.717) is 6.00 Å². The van der Waals surface area contributed by atoms with Crippen LogP contribution in [0, 0.1) is 13.8 Å². The third kappa shape index (κ3) is 1.08. The largest absolute Gasteiger partial charge is 0.255 e. The van der Waals surface area contributed by atoms with Gasteiger partial charge in [0.25, 0.3) is 0 Å². The smallest absolute Gasteiger partial charge is 0.115 e. The van der Waals surface area contributed by atoms with E-state index >= 15 is 0 Å². The number of halogens is 1. The lowest BCUT2D eigenvalue weighted by molar-refractivity contribution is 0.717. The topological polar surface area (TPSA) is 17.8 Å². The Morgan fingerprint density at radius 2 is 2.33 bits per heavy atom. The van der Waals surface area contributed by atoms with E-state index in [4.69, 9.17) is 11.6 Å². The molecule has 0 aliphatic rings. The predicted octanol–water partition coefficient (Wildman–Crippen LogP) is 1.70. The number of aryl methyl sites for hydroxylation is 1. The zero-order valence-electron chi connectivity index (χ0n) is 5.56. The molecule has 9 heavy (non-hydrogen) atoms. The van der Waals surface area contributed by atoms with Gasteiger partial charge in [0.15, 0.2) is 0 Å². The fourth-order valence-electron chi connectivity index (χ4n) is 0.660. The zero-order valence-corrected chi connectivity index (χ0v) is 6.31. The highest BCUT2D eigenvalue weighted by Crippen LogP contribution is 2.04. The summed E-state index contributed by atoms with van der Waals surface area (Å²) in [7, 11) is 0. The van der Waals surface area contributed by atoms with E-state index < -0.39 is 0 Å². The van der Waals surface area contributed by atoms with Crippen LogP contribution < -0.4 is 0 Å². The lowest BCUT2D eigenvalue weighted by Gasteiger charge is -1.95. The number of rotatable bonds is 1. The Labute approximate surface area is 59.4 Å². The number of nitrogens with zero attached hydrogens (tertiary/aromatic N) is 2. The van der Waals surface area contributed by atoms with Gasteiger partial charge in [-0.05, 0) is 19.4 Å². The van der Waals surface area contributed by atoms with Crippen molar-refractivity contribution in [1.82, 2.24) is 9.78 Å². The van der Waals surface area contributed by atoms with Crippen molar-refractivity contribution in [3.8, 4) is 0 Å². The molecule has 1 aromatic rings. The van der Waals surface area contributed by atoms with E-state index in [1.807, 2.05) is 20.0 Å². The Bertz CT molecular complexity index is 205. The van der Waals surface area contributed by atoms with Gasteiger partial charge in [-0.3, -0.25) is 4.68 Å². The molecule has 0 radical (unpaired) electrons. The third-order valence-corrected chi connectivity index (χ3v) is 1.69. The van der Waals surface area contributed by atoms with Gasteiger partial charge in [-0.2, -0.15) is 5.10 Å². The minimum absolute atomic E-state index is 0.444. The SMILES string of the molecule is Cc1cnn(CCl)c1C. The third-order valence-electron chi connectivity index (χ3n) is 1.46. The standard InChI is InChI=1S/C6H9ClN2/c1-5-3-8-9(4-7)6(5)2/h3H,4H2,1-2H3. The normalized spacial score (nSPS) is 10.1. The van der Waals surface area contributed by atoms with E-state index in [9.17, 15) is 0 Å². The molecule has 0 saturated heterocycles. The van der Waals surface area contributed by atoms with Crippen molar-refractivity contribution in [3.05, 3.63) is 17.5 Å². The first kappa shape index (κ1) is 6.62. The van der Waals surface area contributed by atoms with Crippen LogP contribution in [-0.2, 0) is 6.00 Å². The van der Waals surface area contributed by atoms with Gasteiger partial charge in [-0.1, -0.05) is 0 Å². The van der Waals surface area contributed by atoms with E-state index in [1.54, 1.807) is 4.68 Å². The van der Waals surface area contributed by atoms with Crippen LogP contribution in [0.5, 0.6) is 0 Å². The fraction of sp³-hybridized carbons (Fsp3) is 0.500. The van der Waals surface area contributed by atoms with Crippen molar-refractivity contribution in [2.45, 2.75) is 19.9 Å². The van der Waals surface area contributed by atoms with E-state index in [-0.39, 0.29) is 0 Å². The van der Waals surface area contributed by atoms with Crippen molar-refractivity contribution >= 4 is 11.6 Å². The summed E-state index contributed by atoms with van der Waals surface area (Å²) in [5.41, 5.74) is 2.33. The van der Waals surface area contributed by atoms with Crippen molar-refractivity contribution < 1.29 is 0 Å². The molecule has 1 heterocycles. The molecule has 0 fully saturated rings. The molecule has 50 valence electrons. The molecule has 1 rings (SSSR count). The lowest BCUT2D eigenvalue weighted by Crippen LogP contribution is -1.96. The molecular weight excluding hydrogens is 136 g/mol. The van der Waals surface area contributed by atoms with Crippen molar-refractivity contribution in [2.75, 3.05) is 0 Å². The molecular formula is C6H9ClN2. The molecule has 0 unspecified atom stereocenters. The summed E-state index contributed by atoms with van der Waals surface area (Å²) in [6.07, 6.45) is 1.82. The van der Waals surface area contributed by atoms with Crippen molar-refractivity contribution in [1.29, 1.82) is 0 Å². The van der Waals surface area contributed by atoms with Gasteiger partial charge in [0.1, 0.15) is 6.00 Å². The number of hydrogen-bond donors (Lipinski definition) is 0. The molecule has 1 aromatic heterocycles. The molecule has 0 saturated carbocycles. The Morgan fingerprint density at radius 3 is 2.56 bits per heavy atom. The Kier molecular flexibility index (Phi) is 1.76. The highest BCUT2D eigenvalue weighted by atomic mass is 35.5. The maximum Gasteiger partial charge on any atom is 0.115 e. The summed E-state index contributed by atoms with van der Waals surface area (Å²) in [4.78, 5) is 0. The van der Waals surface area contributed by atoms with Crippen molar-refractivity contribution in [3.63, 3.8) is 0 Å². The van der Waals surface area contributed by atoms with E-state index in [0.717, 1.165) is 5.69 Å². The van der Waals surface area contributed by atoms with Gasteiger partial charge in [0, 0.05) is 5.69 Å². The monoisotopic (exact) mass is 144 g/mol.